The quantitative estimate of drug-likeness (QED) is 0.737. The van der Waals surface area contributed by atoms with Crippen molar-refractivity contribution in [3.8, 4) is 0 Å². The summed E-state index contributed by atoms with van der Waals surface area (Å²) >= 11 is 0. The Morgan fingerprint density at radius 3 is 2.52 bits per heavy atom. The van der Waals surface area contributed by atoms with Crippen LogP contribution < -0.4 is 0 Å². The number of halogens is 1. The highest BCUT2D eigenvalue weighted by atomic mass is 32.2. The molecular formula is C18H24FN3O4S. The van der Waals surface area contributed by atoms with Crippen LogP contribution in [0.3, 0.4) is 0 Å². The fourth-order valence-electron chi connectivity index (χ4n) is 3.59. The fourth-order valence-corrected chi connectivity index (χ4v) is 5.14. The molecule has 0 spiro atoms. The molecule has 2 aliphatic rings. The van der Waals surface area contributed by atoms with Crippen LogP contribution in [0.15, 0.2) is 24.3 Å². The molecule has 3 rings (SSSR count). The Morgan fingerprint density at radius 2 is 1.85 bits per heavy atom. The Bertz CT molecular complexity index is 812. The van der Waals surface area contributed by atoms with E-state index in [-0.39, 0.29) is 43.0 Å². The highest BCUT2D eigenvalue weighted by Gasteiger charge is 2.43. The van der Waals surface area contributed by atoms with Crippen molar-refractivity contribution in [2.75, 3.05) is 31.9 Å². The number of piperazine rings is 1. The summed E-state index contributed by atoms with van der Waals surface area (Å²) in [5, 5.41) is 0. The van der Waals surface area contributed by atoms with Gasteiger partial charge in [0.1, 0.15) is 18.4 Å². The van der Waals surface area contributed by atoms with E-state index in [1.807, 2.05) is 0 Å². The fraction of sp³-hybridized carbons (Fsp3) is 0.556. The molecule has 0 radical (unpaired) electrons. The van der Waals surface area contributed by atoms with Gasteiger partial charge in [-0.15, -0.1) is 0 Å². The van der Waals surface area contributed by atoms with E-state index in [1.165, 1.54) is 26.2 Å². The van der Waals surface area contributed by atoms with E-state index in [9.17, 15) is 22.4 Å². The molecule has 0 bridgehead atoms. The Morgan fingerprint density at radius 1 is 1.15 bits per heavy atom. The maximum Gasteiger partial charge on any atom is 0.247 e. The molecule has 7 nitrogen and oxygen atoms in total. The molecule has 2 amide bonds. The molecule has 148 valence electrons. The SMILES string of the molecule is CCCS(=O)(=O)N1CCCN2C(=O)CN(Cc3ccc(F)cc3)C(=O)C2C1. The molecule has 27 heavy (non-hydrogen) atoms. The number of carbonyl (C=O) groups excluding carboxylic acids is 2. The van der Waals surface area contributed by atoms with Gasteiger partial charge in [0.05, 0.1) is 5.75 Å². The van der Waals surface area contributed by atoms with Crippen molar-refractivity contribution in [2.24, 2.45) is 0 Å². The number of fused-ring (bicyclic) bond motifs is 1. The lowest BCUT2D eigenvalue weighted by Gasteiger charge is -2.40. The lowest BCUT2D eigenvalue weighted by Crippen LogP contribution is -2.61. The minimum atomic E-state index is -3.45. The summed E-state index contributed by atoms with van der Waals surface area (Å²) in [5.41, 5.74) is 0.718. The zero-order chi connectivity index (χ0) is 19.6. The highest BCUT2D eigenvalue weighted by molar-refractivity contribution is 7.89. The molecule has 9 heteroatoms. The number of sulfonamides is 1. The van der Waals surface area contributed by atoms with Gasteiger partial charge in [0.15, 0.2) is 0 Å². The van der Waals surface area contributed by atoms with Gasteiger partial charge in [0.2, 0.25) is 21.8 Å². The first-order valence-corrected chi connectivity index (χ1v) is 10.7. The molecule has 0 aromatic heterocycles. The standard InChI is InChI=1S/C18H24FN3O4S/c1-2-10-27(25,26)21-8-3-9-22-16(12-21)18(24)20(13-17(22)23)11-14-4-6-15(19)7-5-14/h4-7,16H,2-3,8-13H2,1H3. The number of nitrogens with zero attached hydrogens (tertiary/aromatic N) is 3. The van der Waals surface area contributed by atoms with Gasteiger partial charge in [-0.2, -0.15) is 4.31 Å². The van der Waals surface area contributed by atoms with Crippen LogP contribution in [0.1, 0.15) is 25.3 Å². The summed E-state index contributed by atoms with van der Waals surface area (Å²) in [6.45, 7) is 2.62. The second-order valence-electron chi connectivity index (χ2n) is 6.95. The number of amides is 2. The third-order valence-corrected chi connectivity index (χ3v) is 6.99. The van der Waals surface area contributed by atoms with Crippen molar-refractivity contribution in [1.82, 2.24) is 14.1 Å². The van der Waals surface area contributed by atoms with E-state index in [1.54, 1.807) is 19.1 Å². The topological polar surface area (TPSA) is 78.0 Å². The van der Waals surface area contributed by atoms with Crippen LogP contribution >= 0.6 is 0 Å². The van der Waals surface area contributed by atoms with E-state index >= 15 is 0 Å². The van der Waals surface area contributed by atoms with Crippen LogP contribution in [0.4, 0.5) is 4.39 Å². The van der Waals surface area contributed by atoms with Gasteiger partial charge in [-0.3, -0.25) is 9.59 Å². The molecule has 1 atom stereocenters. The molecule has 0 saturated carbocycles. The zero-order valence-electron chi connectivity index (χ0n) is 15.3. The van der Waals surface area contributed by atoms with Gasteiger partial charge in [-0.25, -0.2) is 12.8 Å². The minimum absolute atomic E-state index is 0.00712. The Kier molecular flexibility index (Phi) is 5.81. The van der Waals surface area contributed by atoms with Crippen LogP contribution in [0.5, 0.6) is 0 Å². The Balaban J connectivity index is 1.80. The Labute approximate surface area is 158 Å². The minimum Gasteiger partial charge on any atom is -0.328 e. The molecule has 1 aromatic rings. The number of rotatable bonds is 5. The predicted octanol–water partition coefficient (Wildman–Crippen LogP) is 0.811. The van der Waals surface area contributed by atoms with Crippen LogP contribution in [-0.4, -0.2) is 72.3 Å². The zero-order valence-corrected chi connectivity index (χ0v) is 16.1. The smallest absolute Gasteiger partial charge is 0.247 e. The van der Waals surface area contributed by atoms with Gasteiger partial charge < -0.3 is 9.80 Å². The maximum absolute atomic E-state index is 13.1. The molecule has 2 saturated heterocycles. The first-order chi connectivity index (χ1) is 12.8. The number of hydrogen-bond acceptors (Lipinski definition) is 4. The van der Waals surface area contributed by atoms with Crippen molar-refractivity contribution in [3.05, 3.63) is 35.6 Å². The number of benzene rings is 1. The van der Waals surface area contributed by atoms with Crippen LogP contribution in [0.2, 0.25) is 0 Å². The summed E-state index contributed by atoms with van der Waals surface area (Å²) in [5.74, 6) is -0.790. The maximum atomic E-state index is 13.1. The molecule has 0 aliphatic carbocycles. The van der Waals surface area contributed by atoms with Crippen molar-refractivity contribution in [1.29, 1.82) is 0 Å². The molecule has 1 aromatic carbocycles. The molecule has 0 N–H and O–H groups in total. The summed E-state index contributed by atoms with van der Waals surface area (Å²) in [4.78, 5) is 28.5. The predicted molar refractivity (Wildman–Crippen MR) is 97.6 cm³/mol. The lowest BCUT2D eigenvalue weighted by atomic mass is 10.1. The van der Waals surface area contributed by atoms with E-state index in [0.717, 1.165) is 5.56 Å². The van der Waals surface area contributed by atoms with E-state index in [0.29, 0.717) is 25.9 Å². The second kappa shape index (κ2) is 7.93. The molecule has 2 aliphatic heterocycles. The number of hydrogen-bond donors (Lipinski definition) is 0. The molecule has 2 fully saturated rings. The Hall–Kier alpha value is -2.00. The first-order valence-electron chi connectivity index (χ1n) is 9.12. The third-order valence-electron chi connectivity index (χ3n) is 4.94. The van der Waals surface area contributed by atoms with Gasteiger partial charge in [0, 0.05) is 26.2 Å². The van der Waals surface area contributed by atoms with E-state index < -0.39 is 16.1 Å². The van der Waals surface area contributed by atoms with Gasteiger partial charge in [-0.1, -0.05) is 19.1 Å². The molecule has 1 unspecified atom stereocenters. The van der Waals surface area contributed by atoms with Gasteiger partial charge in [-0.05, 0) is 30.5 Å². The van der Waals surface area contributed by atoms with Crippen molar-refractivity contribution < 1.29 is 22.4 Å². The first kappa shape index (κ1) is 19.8. The third kappa shape index (κ3) is 4.30. The average molecular weight is 397 g/mol. The molecular weight excluding hydrogens is 373 g/mol. The second-order valence-corrected chi connectivity index (χ2v) is 9.04. The van der Waals surface area contributed by atoms with Crippen LogP contribution in [0, 0.1) is 5.82 Å². The van der Waals surface area contributed by atoms with Crippen LogP contribution in [0.25, 0.3) is 0 Å². The number of carbonyl (C=O) groups is 2. The lowest BCUT2D eigenvalue weighted by molar-refractivity contribution is -0.156. The van der Waals surface area contributed by atoms with Crippen molar-refractivity contribution in [3.63, 3.8) is 0 Å². The van der Waals surface area contributed by atoms with Gasteiger partial charge >= 0.3 is 0 Å². The van der Waals surface area contributed by atoms with Crippen LogP contribution in [-0.2, 0) is 26.2 Å². The van der Waals surface area contributed by atoms with Crippen molar-refractivity contribution in [2.45, 2.75) is 32.4 Å². The van der Waals surface area contributed by atoms with Gasteiger partial charge in [0.25, 0.3) is 0 Å². The summed E-state index contributed by atoms with van der Waals surface area (Å²) in [6, 6.07) is 4.96. The summed E-state index contributed by atoms with van der Waals surface area (Å²) < 4.78 is 39.4. The summed E-state index contributed by atoms with van der Waals surface area (Å²) in [6.07, 6.45) is 1.01. The molecule has 2 heterocycles. The van der Waals surface area contributed by atoms with E-state index in [4.69, 9.17) is 0 Å². The normalized spacial score (nSPS) is 21.9. The highest BCUT2D eigenvalue weighted by Crippen LogP contribution is 2.21. The van der Waals surface area contributed by atoms with E-state index in [2.05, 4.69) is 0 Å². The monoisotopic (exact) mass is 397 g/mol. The summed E-state index contributed by atoms with van der Waals surface area (Å²) in [7, 11) is -3.45. The largest absolute Gasteiger partial charge is 0.328 e. The van der Waals surface area contributed by atoms with Crippen molar-refractivity contribution >= 4 is 21.8 Å². The average Bonchev–Trinajstić information content (AvgIpc) is 2.85.